The molecule has 1 saturated carbocycles. The summed E-state index contributed by atoms with van der Waals surface area (Å²) in [6.07, 6.45) is 17.1. The van der Waals surface area contributed by atoms with E-state index in [1.54, 1.807) is 0 Å². The Balaban J connectivity index is 1.91. The minimum absolute atomic E-state index is 0.0152. The molecule has 1 fully saturated rings. The number of unbranched alkanes of at least 4 members (excludes halogenated alkanes) is 4. The van der Waals surface area contributed by atoms with Crippen LogP contribution in [-0.2, 0) is 0 Å². The monoisotopic (exact) mass is 240 g/mol. The van der Waals surface area contributed by atoms with Crippen molar-refractivity contribution in [3.05, 3.63) is 0 Å². The lowest BCUT2D eigenvalue weighted by Gasteiger charge is -2.22. The molecule has 1 rings (SSSR count). The third-order valence-corrected chi connectivity index (χ3v) is 4.27. The lowest BCUT2D eigenvalue weighted by molar-refractivity contribution is 0.137. The molecule has 0 spiro atoms. The summed E-state index contributed by atoms with van der Waals surface area (Å²) in [5, 5.41) is 9.94. The maximum Gasteiger partial charge on any atom is 0.0540 e. The van der Waals surface area contributed by atoms with Gasteiger partial charge in [-0.2, -0.15) is 0 Å². The lowest BCUT2D eigenvalue weighted by Crippen LogP contribution is -2.12. The first kappa shape index (κ1) is 15.0. The fourth-order valence-corrected chi connectivity index (χ4v) is 3.03. The summed E-state index contributed by atoms with van der Waals surface area (Å²) in [7, 11) is 0. The van der Waals surface area contributed by atoms with E-state index in [1.807, 2.05) is 0 Å². The molecule has 1 aliphatic carbocycles. The molecule has 0 aliphatic heterocycles. The summed E-state index contributed by atoms with van der Waals surface area (Å²) in [6.45, 7) is 2.25. The molecule has 1 nitrogen and oxygen atoms in total. The molecule has 1 N–H and O–H groups in total. The van der Waals surface area contributed by atoms with E-state index in [0.717, 1.165) is 18.8 Å². The predicted octanol–water partition coefficient (Wildman–Crippen LogP) is 5.07. The van der Waals surface area contributed by atoms with Crippen molar-refractivity contribution < 1.29 is 5.11 Å². The maximum atomic E-state index is 9.94. The van der Waals surface area contributed by atoms with Gasteiger partial charge in [0, 0.05) is 0 Å². The highest BCUT2D eigenvalue weighted by Crippen LogP contribution is 2.28. The van der Waals surface area contributed by atoms with Crippen LogP contribution in [-0.4, -0.2) is 11.2 Å². The summed E-state index contributed by atoms with van der Waals surface area (Å²) < 4.78 is 0. The van der Waals surface area contributed by atoms with E-state index < -0.39 is 0 Å². The zero-order valence-electron chi connectivity index (χ0n) is 11.8. The number of aliphatic hydroxyl groups excluding tert-OH is 1. The van der Waals surface area contributed by atoms with E-state index in [-0.39, 0.29) is 6.10 Å². The molecule has 0 heterocycles. The Bertz CT molecular complexity index is 161. The van der Waals surface area contributed by atoms with Gasteiger partial charge in [0.1, 0.15) is 0 Å². The van der Waals surface area contributed by atoms with Gasteiger partial charge >= 0.3 is 0 Å². The van der Waals surface area contributed by atoms with Crippen molar-refractivity contribution >= 4 is 0 Å². The van der Waals surface area contributed by atoms with Crippen molar-refractivity contribution in [1.29, 1.82) is 0 Å². The fraction of sp³-hybridized carbons (Fsp3) is 1.00. The zero-order valence-corrected chi connectivity index (χ0v) is 11.8. The van der Waals surface area contributed by atoms with Gasteiger partial charge in [0.15, 0.2) is 0 Å². The molecule has 17 heavy (non-hydrogen) atoms. The van der Waals surface area contributed by atoms with Crippen LogP contribution in [0.5, 0.6) is 0 Å². The summed E-state index contributed by atoms with van der Waals surface area (Å²) >= 11 is 0. The van der Waals surface area contributed by atoms with Crippen molar-refractivity contribution in [3.8, 4) is 0 Å². The SMILES string of the molecule is CCCCCCCC(O)CCC1CCCCC1. The number of hydrogen-bond acceptors (Lipinski definition) is 1. The third kappa shape index (κ3) is 7.81. The summed E-state index contributed by atoms with van der Waals surface area (Å²) in [6, 6.07) is 0. The highest BCUT2D eigenvalue weighted by atomic mass is 16.3. The minimum atomic E-state index is -0.0152. The van der Waals surface area contributed by atoms with Crippen LogP contribution in [0.1, 0.15) is 90.4 Å². The molecule has 0 aromatic rings. The van der Waals surface area contributed by atoms with Crippen LogP contribution >= 0.6 is 0 Å². The van der Waals surface area contributed by atoms with E-state index >= 15 is 0 Å². The molecule has 0 saturated heterocycles. The van der Waals surface area contributed by atoms with Crippen LogP contribution in [0.3, 0.4) is 0 Å². The maximum absolute atomic E-state index is 9.94. The molecule has 1 unspecified atom stereocenters. The Labute approximate surface area is 108 Å². The molecule has 1 aliphatic rings. The standard InChI is InChI=1S/C16H32O/c1-2-3-4-5-9-12-16(17)14-13-15-10-7-6-8-11-15/h15-17H,2-14H2,1H3. The molecule has 0 aromatic carbocycles. The lowest BCUT2D eigenvalue weighted by atomic mass is 9.85. The fourth-order valence-electron chi connectivity index (χ4n) is 3.03. The van der Waals surface area contributed by atoms with E-state index in [4.69, 9.17) is 0 Å². The van der Waals surface area contributed by atoms with Gasteiger partial charge < -0.3 is 5.11 Å². The Morgan fingerprint density at radius 3 is 2.35 bits per heavy atom. The van der Waals surface area contributed by atoms with Crippen molar-refractivity contribution in [3.63, 3.8) is 0 Å². The van der Waals surface area contributed by atoms with Crippen LogP contribution in [0.15, 0.2) is 0 Å². The van der Waals surface area contributed by atoms with E-state index in [1.165, 1.54) is 70.6 Å². The first-order chi connectivity index (χ1) is 8.33. The smallest absolute Gasteiger partial charge is 0.0540 e. The van der Waals surface area contributed by atoms with Crippen LogP contribution in [0.25, 0.3) is 0 Å². The predicted molar refractivity (Wildman–Crippen MR) is 75.2 cm³/mol. The molecule has 1 atom stereocenters. The molecular weight excluding hydrogens is 208 g/mol. The summed E-state index contributed by atoms with van der Waals surface area (Å²) in [4.78, 5) is 0. The van der Waals surface area contributed by atoms with Gasteiger partial charge in [-0.25, -0.2) is 0 Å². The number of aliphatic hydroxyl groups is 1. The Morgan fingerprint density at radius 2 is 1.65 bits per heavy atom. The van der Waals surface area contributed by atoms with E-state index in [9.17, 15) is 5.11 Å². The van der Waals surface area contributed by atoms with Gasteiger partial charge in [-0.3, -0.25) is 0 Å². The van der Waals surface area contributed by atoms with Crippen LogP contribution in [0.4, 0.5) is 0 Å². The van der Waals surface area contributed by atoms with Gasteiger partial charge in [0.05, 0.1) is 6.10 Å². The first-order valence-electron chi connectivity index (χ1n) is 8.01. The second-order valence-corrected chi connectivity index (χ2v) is 5.94. The van der Waals surface area contributed by atoms with Gasteiger partial charge in [-0.1, -0.05) is 71.1 Å². The number of rotatable bonds is 9. The van der Waals surface area contributed by atoms with Crippen molar-refractivity contribution in [2.24, 2.45) is 5.92 Å². The van der Waals surface area contributed by atoms with Gasteiger partial charge in [-0.15, -0.1) is 0 Å². The molecule has 102 valence electrons. The van der Waals surface area contributed by atoms with Crippen molar-refractivity contribution in [1.82, 2.24) is 0 Å². The average Bonchev–Trinajstić information content (AvgIpc) is 2.37. The Morgan fingerprint density at radius 1 is 0.941 bits per heavy atom. The third-order valence-electron chi connectivity index (χ3n) is 4.27. The van der Waals surface area contributed by atoms with Crippen LogP contribution in [0, 0.1) is 5.92 Å². The molecule has 0 bridgehead atoms. The van der Waals surface area contributed by atoms with Crippen LogP contribution in [0.2, 0.25) is 0 Å². The topological polar surface area (TPSA) is 20.2 Å². The second-order valence-electron chi connectivity index (χ2n) is 5.94. The minimum Gasteiger partial charge on any atom is -0.393 e. The second kappa shape index (κ2) is 9.94. The van der Waals surface area contributed by atoms with Crippen LogP contribution < -0.4 is 0 Å². The average molecular weight is 240 g/mol. The van der Waals surface area contributed by atoms with Crippen molar-refractivity contribution in [2.45, 2.75) is 96.5 Å². The Kier molecular flexibility index (Phi) is 8.78. The Hall–Kier alpha value is -0.0400. The highest BCUT2D eigenvalue weighted by molar-refractivity contribution is 4.68. The quantitative estimate of drug-likeness (QED) is 0.558. The largest absolute Gasteiger partial charge is 0.393 e. The first-order valence-corrected chi connectivity index (χ1v) is 8.01. The number of hydrogen-bond donors (Lipinski definition) is 1. The van der Waals surface area contributed by atoms with Gasteiger partial charge in [0.2, 0.25) is 0 Å². The van der Waals surface area contributed by atoms with Gasteiger partial charge in [-0.05, 0) is 25.2 Å². The molecule has 0 aromatic heterocycles. The summed E-state index contributed by atoms with van der Waals surface area (Å²) in [5.74, 6) is 0.929. The highest BCUT2D eigenvalue weighted by Gasteiger charge is 2.14. The molecule has 0 radical (unpaired) electrons. The summed E-state index contributed by atoms with van der Waals surface area (Å²) in [5.41, 5.74) is 0. The zero-order chi connectivity index (χ0) is 12.3. The molecule has 0 amide bonds. The molecule has 1 heteroatoms. The normalized spacial score (nSPS) is 19.4. The van der Waals surface area contributed by atoms with E-state index in [0.29, 0.717) is 0 Å². The van der Waals surface area contributed by atoms with Crippen molar-refractivity contribution in [2.75, 3.05) is 0 Å². The molecular formula is C16H32O. The van der Waals surface area contributed by atoms with Gasteiger partial charge in [0.25, 0.3) is 0 Å². The van der Waals surface area contributed by atoms with E-state index in [2.05, 4.69) is 6.92 Å².